The second kappa shape index (κ2) is 16.4. The van der Waals surface area contributed by atoms with Crippen LogP contribution in [0.25, 0.3) is 0 Å². The topological polar surface area (TPSA) is 163 Å². The first-order chi connectivity index (χ1) is 20.6. The molecular formula is C33H45ClN2O8. The molecule has 1 aliphatic rings. The number of phenols is 1. The van der Waals surface area contributed by atoms with Gasteiger partial charge in [0.15, 0.2) is 6.61 Å². The Bertz CT molecular complexity index is 1340. The third-order valence-corrected chi connectivity index (χ3v) is 9.10. The van der Waals surface area contributed by atoms with Crippen molar-refractivity contribution < 1.29 is 39.2 Å². The van der Waals surface area contributed by atoms with Crippen LogP contribution in [-0.4, -0.2) is 64.4 Å². The number of nitrogens with zero attached hydrogens (tertiary/aromatic N) is 1. The standard InChI is InChI=1S/C33H45ClN2O8/c1-19(14-15-33(6)20(2)11-13-27(38)22(33)4)10-12-24-30(41)25(21(3)29(34)31(24)44-18-28(39)40)17-35-16-8-7-9-26(32(42)43)36-23(5)37/h10,14-15,17,20,22,26,41H,7-9,11-13,16,18H2,1-6H3,(H,36,37)(H,39,40)(H,42,43)/b15-14+,19-10+,35-17?/t20-,22+,26-,33+/m1/s1. The number of ether oxygens (including phenoxy) is 1. The summed E-state index contributed by atoms with van der Waals surface area (Å²) in [7, 11) is 0. The number of aliphatic carboxylic acids is 2. The number of phenolic OH excluding ortho intramolecular Hbond substituents is 1. The summed E-state index contributed by atoms with van der Waals surface area (Å²) in [6, 6.07) is -0.964. The molecular weight excluding hydrogens is 588 g/mol. The number of amides is 1. The number of aliphatic imine (C=N–C) groups is 1. The van der Waals surface area contributed by atoms with Crippen LogP contribution in [0.3, 0.4) is 0 Å². The van der Waals surface area contributed by atoms with Crippen LogP contribution in [0.1, 0.15) is 83.4 Å². The molecule has 0 saturated heterocycles. The van der Waals surface area contributed by atoms with Crippen LogP contribution in [-0.2, 0) is 25.6 Å². The second-order valence-corrected chi connectivity index (χ2v) is 12.2. The largest absolute Gasteiger partial charge is 0.507 e. The lowest BCUT2D eigenvalue weighted by Crippen LogP contribution is -2.40. The molecule has 0 heterocycles. The summed E-state index contributed by atoms with van der Waals surface area (Å²) < 4.78 is 5.52. The third kappa shape index (κ3) is 9.67. The van der Waals surface area contributed by atoms with Gasteiger partial charge < -0.3 is 25.4 Å². The lowest BCUT2D eigenvalue weighted by atomic mass is 9.61. The van der Waals surface area contributed by atoms with Crippen LogP contribution in [0.15, 0.2) is 28.8 Å². The van der Waals surface area contributed by atoms with Crippen LogP contribution in [0.5, 0.6) is 11.5 Å². The number of aromatic hydroxyl groups is 1. The van der Waals surface area contributed by atoms with Gasteiger partial charge in [-0.1, -0.05) is 56.2 Å². The molecule has 0 unspecified atom stereocenters. The van der Waals surface area contributed by atoms with E-state index in [1.165, 1.54) is 13.1 Å². The highest BCUT2D eigenvalue weighted by molar-refractivity contribution is 6.33. The first-order valence-corrected chi connectivity index (χ1v) is 15.2. The summed E-state index contributed by atoms with van der Waals surface area (Å²) in [6.45, 7) is 10.8. The van der Waals surface area contributed by atoms with E-state index in [0.29, 0.717) is 48.4 Å². The summed E-state index contributed by atoms with van der Waals surface area (Å²) >= 11 is 6.62. The van der Waals surface area contributed by atoms with Gasteiger partial charge in [-0.25, -0.2) is 9.59 Å². The fraction of sp³-hybridized carbons (Fsp3) is 0.545. The van der Waals surface area contributed by atoms with E-state index in [9.17, 15) is 34.5 Å². The molecule has 0 radical (unpaired) electrons. The number of hydrogen-bond donors (Lipinski definition) is 4. The number of carboxylic acids is 2. The van der Waals surface area contributed by atoms with Crippen LogP contribution >= 0.6 is 11.6 Å². The average Bonchev–Trinajstić information content (AvgIpc) is 2.95. The monoisotopic (exact) mass is 632 g/mol. The molecule has 1 aromatic carbocycles. The van der Waals surface area contributed by atoms with Crippen molar-refractivity contribution in [3.05, 3.63) is 45.5 Å². The van der Waals surface area contributed by atoms with Crippen LogP contribution in [0.4, 0.5) is 0 Å². The van der Waals surface area contributed by atoms with Gasteiger partial charge >= 0.3 is 11.9 Å². The Morgan fingerprint density at radius 2 is 1.89 bits per heavy atom. The molecule has 0 bridgehead atoms. The summed E-state index contributed by atoms with van der Waals surface area (Å²) in [5.74, 6) is -2.24. The number of nitrogens with one attached hydrogen (secondary N) is 1. The molecule has 0 spiro atoms. The number of carboxylic acid groups (broad SMARTS) is 2. The number of carbonyl (C=O) groups is 4. The quantitative estimate of drug-likeness (QED) is 0.109. The molecule has 1 amide bonds. The number of hydrogen-bond acceptors (Lipinski definition) is 7. The van der Waals surface area contributed by atoms with Gasteiger partial charge in [0.2, 0.25) is 5.91 Å². The Morgan fingerprint density at radius 1 is 1.20 bits per heavy atom. The van der Waals surface area contributed by atoms with E-state index in [1.807, 2.05) is 26.0 Å². The van der Waals surface area contributed by atoms with Gasteiger partial charge in [0, 0.05) is 43.1 Å². The number of benzene rings is 1. The highest BCUT2D eigenvalue weighted by atomic mass is 35.5. The minimum atomic E-state index is -1.19. The minimum Gasteiger partial charge on any atom is -0.507 e. The minimum absolute atomic E-state index is 0.0824. The smallest absolute Gasteiger partial charge is 0.341 e. The molecule has 4 N–H and O–H groups in total. The van der Waals surface area contributed by atoms with Crippen molar-refractivity contribution >= 4 is 41.4 Å². The first-order valence-electron chi connectivity index (χ1n) is 14.9. The zero-order valence-electron chi connectivity index (χ0n) is 26.4. The Balaban J connectivity index is 2.28. The van der Waals surface area contributed by atoms with Gasteiger partial charge in [0.25, 0.3) is 0 Å². The maximum absolute atomic E-state index is 12.4. The summed E-state index contributed by atoms with van der Waals surface area (Å²) in [6.07, 6.45) is 10.4. The fourth-order valence-electron chi connectivity index (χ4n) is 5.32. The summed E-state index contributed by atoms with van der Waals surface area (Å²) in [5, 5.41) is 32.3. The Morgan fingerprint density at radius 3 is 2.50 bits per heavy atom. The number of Topliss-reactive ketones (excluding diaryl/α,β-unsaturated/α-hetero) is 1. The number of halogens is 1. The van der Waals surface area contributed by atoms with E-state index in [1.54, 1.807) is 6.92 Å². The molecule has 44 heavy (non-hydrogen) atoms. The van der Waals surface area contributed by atoms with Gasteiger partial charge in [0.05, 0.1) is 5.02 Å². The van der Waals surface area contributed by atoms with E-state index >= 15 is 0 Å². The lowest BCUT2D eigenvalue weighted by molar-refractivity contribution is -0.141. The van der Waals surface area contributed by atoms with E-state index in [2.05, 4.69) is 30.2 Å². The average molecular weight is 633 g/mol. The van der Waals surface area contributed by atoms with E-state index in [4.69, 9.17) is 16.3 Å². The normalized spacial score (nSPS) is 21.5. The molecule has 4 atom stereocenters. The number of unbranched alkanes of at least 4 members (excludes halogenated alkanes) is 1. The molecule has 0 aliphatic heterocycles. The Hall–Kier alpha value is -3.66. The van der Waals surface area contributed by atoms with Crippen molar-refractivity contribution in [1.82, 2.24) is 5.32 Å². The molecule has 10 nitrogen and oxygen atoms in total. The molecule has 1 fully saturated rings. The predicted molar refractivity (Wildman–Crippen MR) is 170 cm³/mol. The molecule has 1 saturated carbocycles. The van der Waals surface area contributed by atoms with E-state index in [0.717, 1.165) is 12.0 Å². The Labute approximate surface area is 264 Å². The van der Waals surface area contributed by atoms with Gasteiger partial charge in [-0.15, -0.1) is 0 Å². The fourth-order valence-corrected chi connectivity index (χ4v) is 5.59. The van der Waals surface area contributed by atoms with E-state index < -0.39 is 30.5 Å². The summed E-state index contributed by atoms with van der Waals surface area (Å²) in [5.41, 5.74) is 1.76. The van der Waals surface area contributed by atoms with Crippen molar-refractivity contribution in [2.24, 2.45) is 22.2 Å². The van der Waals surface area contributed by atoms with Gasteiger partial charge in [0.1, 0.15) is 23.3 Å². The van der Waals surface area contributed by atoms with Gasteiger partial charge in [-0.2, -0.15) is 0 Å². The number of allylic oxidation sites excluding steroid dienone is 4. The lowest BCUT2D eigenvalue weighted by Gasteiger charge is -2.42. The maximum atomic E-state index is 12.4. The van der Waals surface area contributed by atoms with Crippen LogP contribution < -0.4 is 10.1 Å². The van der Waals surface area contributed by atoms with Crippen molar-refractivity contribution in [1.29, 1.82) is 0 Å². The zero-order chi connectivity index (χ0) is 33.2. The predicted octanol–water partition coefficient (Wildman–Crippen LogP) is 5.68. The first kappa shape index (κ1) is 36.5. The van der Waals surface area contributed by atoms with Crippen molar-refractivity contribution in [2.45, 2.75) is 86.1 Å². The number of carbonyl (C=O) groups excluding carboxylic acids is 2. The second-order valence-electron chi connectivity index (χ2n) is 11.8. The molecule has 1 aromatic rings. The SMILES string of the molecule is CC(=O)N[C@H](CCCCN=Cc1c(C)c(Cl)c(OCC(=O)O)c(C/C=C(C)/C=C/[C@@]2(C)[C@H](C)CCC(=O)[C@@H]2C)c1O)C(=O)O. The van der Waals surface area contributed by atoms with Crippen LogP contribution in [0.2, 0.25) is 5.02 Å². The molecule has 11 heteroatoms. The summed E-state index contributed by atoms with van der Waals surface area (Å²) in [4.78, 5) is 50.6. The molecule has 1 aliphatic carbocycles. The number of rotatable bonds is 15. The van der Waals surface area contributed by atoms with Gasteiger partial charge in [-0.05, 0) is 62.8 Å². The van der Waals surface area contributed by atoms with Crippen LogP contribution in [0, 0.1) is 24.2 Å². The maximum Gasteiger partial charge on any atom is 0.341 e. The molecule has 2 rings (SSSR count). The van der Waals surface area contributed by atoms with Crippen molar-refractivity contribution in [3.8, 4) is 11.5 Å². The zero-order valence-corrected chi connectivity index (χ0v) is 27.2. The Kier molecular flexibility index (Phi) is 13.6. The van der Waals surface area contributed by atoms with Crippen molar-refractivity contribution in [3.63, 3.8) is 0 Å². The van der Waals surface area contributed by atoms with Gasteiger partial charge in [-0.3, -0.25) is 14.6 Å². The highest BCUT2D eigenvalue weighted by Gasteiger charge is 2.41. The highest BCUT2D eigenvalue weighted by Crippen LogP contribution is 2.45. The van der Waals surface area contributed by atoms with Crippen molar-refractivity contribution in [2.75, 3.05) is 13.2 Å². The molecule has 242 valence electrons. The third-order valence-electron chi connectivity index (χ3n) is 8.65. The molecule has 0 aromatic heterocycles. The van der Waals surface area contributed by atoms with E-state index in [-0.39, 0.29) is 46.5 Å². The number of ketones is 1.